The first-order valence-corrected chi connectivity index (χ1v) is 12.3. The second-order valence-electron chi connectivity index (χ2n) is 8.35. The molecule has 1 aliphatic heterocycles. The fourth-order valence-electron chi connectivity index (χ4n) is 4.00. The molecule has 0 atom stereocenters. The largest absolute Gasteiger partial charge is 0.495 e. The van der Waals surface area contributed by atoms with Gasteiger partial charge in [-0.3, -0.25) is 0 Å². The van der Waals surface area contributed by atoms with Gasteiger partial charge >= 0.3 is 0 Å². The van der Waals surface area contributed by atoms with Crippen molar-refractivity contribution in [2.24, 2.45) is 0 Å². The number of methoxy groups -OCH3 is 1. The first-order chi connectivity index (χ1) is 15.5. The minimum atomic E-state index is -3.64. The van der Waals surface area contributed by atoms with Crippen LogP contribution in [0.2, 0.25) is 0 Å². The summed E-state index contributed by atoms with van der Waals surface area (Å²) >= 11 is 0. The van der Waals surface area contributed by atoms with E-state index in [0.717, 1.165) is 41.1 Å². The zero-order valence-corrected chi connectivity index (χ0v) is 19.1. The zero-order chi connectivity index (χ0) is 22.3. The first kappa shape index (κ1) is 21.0. The minimum absolute atomic E-state index is 0.202. The van der Waals surface area contributed by atoms with Gasteiger partial charge in [0.2, 0.25) is 10.0 Å². The molecule has 0 spiro atoms. The molecular formula is C23H27N5O3S. The van der Waals surface area contributed by atoms with E-state index in [-0.39, 0.29) is 4.90 Å². The highest BCUT2D eigenvalue weighted by Crippen LogP contribution is 2.32. The van der Waals surface area contributed by atoms with Crippen LogP contribution in [0.15, 0.2) is 47.4 Å². The Morgan fingerprint density at radius 2 is 1.75 bits per heavy atom. The smallest absolute Gasteiger partial charge is 0.246 e. The molecule has 0 bridgehead atoms. The molecule has 1 saturated carbocycles. The molecule has 32 heavy (non-hydrogen) atoms. The number of para-hydroxylation sites is 1. The zero-order valence-electron chi connectivity index (χ0n) is 18.3. The number of aromatic nitrogens is 2. The van der Waals surface area contributed by atoms with Gasteiger partial charge in [0.15, 0.2) is 11.6 Å². The summed E-state index contributed by atoms with van der Waals surface area (Å²) in [7, 11) is -2.15. The van der Waals surface area contributed by atoms with Crippen LogP contribution in [0.25, 0.3) is 11.0 Å². The van der Waals surface area contributed by atoms with Gasteiger partial charge < -0.3 is 15.0 Å². The second kappa shape index (κ2) is 8.22. The SMILES string of the molecule is COc1ccccc1S(=O)(=O)N1CCN(c2nc3cc(C)ccc3nc2NC2CC2)CC1. The van der Waals surface area contributed by atoms with Crippen molar-refractivity contribution in [2.75, 3.05) is 43.5 Å². The first-order valence-electron chi connectivity index (χ1n) is 10.9. The van der Waals surface area contributed by atoms with Crippen molar-refractivity contribution in [1.29, 1.82) is 0 Å². The van der Waals surface area contributed by atoms with E-state index >= 15 is 0 Å². The van der Waals surface area contributed by atoms with Gasteiger partial charge in [-0.05, 0) is 49.6 Å². The number of benzene rings is 2. The summed E-state index contributed by atoms with van der Waals surface area (Å²) in [6.07, 6.45) is 2.27. The molecule has 5 rings (SSSR count). The van der Waals surface area contributed by atoms with Crippen LogP contribution in [-0.4, -0.2) is 62.0 Å². The van der Waals surface area contributed by atoms with Gasteiger partial charge in [-0.25, -0.2) is 18.4 Å². The average molecular weight is 454 g/mol. The van der Waals surface area contributed by atoms with Crippen molar-refractivity contribution in [3.05, 3.63) is 48.0 Å². The number of nitrogens with zero attached hydrogens (tertiary/aromatic N) is 4. The quantitative estimate of drug-likeness (QED) is 0.614. The van der Waals surface area contributed by atoms with E-state index in [9.17, 15) is 8.42 Å². The number of fused-ring (bicyclic) bond motifs is 1. The van der Waals surface area contributed by atoms with Crippen LogP contribution in [0.5, 0.6) is 5.75 Å². The lowest BCUT2D eigenvalue weighted by molar-refractivity contribution is 0.373. The number of hydrogen-bond acceptors (Lipinski definition) is 7. The van der Waals surface area contributed by atoms with Crippen LogP contribution in [-0.2, 0) is 10.0 Å². The van der Waals surface area contributed by atoms with Crippen LogP contribution >= 0.6 is 0 Å². The van der Waals surface area contributed by atoms with Crippen molar-refractivity contribution < 1.29 is 13.2 Å². The Labute approximate surface area is 188 Å². The molecule has 2 aromatic carbocycles. The van der Waals surface area contributed by atoms with E-state index in [4.69, 9.17) is 14.7 Å². The molecule has 1 saturated heterocycles. The lowest BCUT2D eigenvalue weighted by Crippen LogP contribution is -2.49. The Balaban J connectivity index is 1.41. The van der Waals surface area contributed by atoms with Gasteiger partial charge in [0.05, 0.1) is 18.1 Å². The number of aryl methyl sites for hydroxylation is 1. The molecule has 2 aliphatic rings. The third kappa shape index (κ3) is 3.98. The molecule has 2 fully saturated rings. The van der Waals surface area contributed by atoms with E-state index in [2.05, 4.69) is 10.2 Å². The van der Waals surface area contributed by atoms with Crippen molar-refractivity contribution in [3.63, 3.8) is 0 Å². The van der Waals surface area contributed by atoms with E-state index < -0.39 is 10.0 Å². The monoisotopic (exact) mass is 453 g/mol. The highest BCUT2D eigenvalue weighted by molar-refractivity contribution is 7.89. The number of rotatable bonds is 6. The standard InChI is InChI=1S/C23H27N5O3S/c1-16-7-10-18-19(15-16)26-23(22(25-18)24-17-8-9-17)27-11-13-28(14-12-27)32(29,30)21-6-4-3-5-20(21)31-2/h3-7,10,15,17H,8-9,11-14H2,1-2H3,(H,24,25). The fraction of sp³-hybridized carbons (Fsp3) is 0.391. The number of nitrogens with one attached hydrogen (secondary N) is 1. The molecular weight excluding hydrogens is 426 g/mol. The molecule has 0 amide bonds. The van der Waals surface area contributed by atoms with E-state index in [0.29, 0.717) is 38.0 Å². The van der Waals surface area contributed by atoms with Crippen LogP contribution in [0.3, 0.4) is 0 Å². The van der Waals surface area contributed by atoms with Crippen molar-refractivity contribution in [3.8, 4) is 5.75 Å². The normalized spacial score (nSPS) is 17.5. The summed E-state index contributed by atoms with van der Waals surface area (Å²) in [4.78, 5) is 12.1. The van der Waals surface area contributed by atoms with Crippen molar-refractivity contribution in [2.45, 2.75) is 30.7 Å². The summed E-state index contributed by atoms with van der Waals surface area (Å²) in [6, 6.07) is 13.3. The molecule has 1 aliphatic carbocycles. The molecule has 1 N–H and O–H groups in total. The van der Waals surface area contributed by atoms with E-state index in [1.807, 2.05) is 25.1 Å². The summed E-state index contributed by atoms with van der Waals surface area (Å²) in [6.45, 7) is 3.87. The number of anilines is 2. The Morgan fingerprint density at radius 3 is 2.47 bits per heavy atom. The Bertz CT molecular complexity index is 1250. The molecule has 0 radical (unpaired) electrons. The molecule has 1 aromatic heterocycles. The van der Waals surface area contributed by atoms with Gasteiger partial charge in [0, 0.05) is 32.2 Å². The predicted octanol–water partition coefficient (Wildman–Crippen LogP) is 3.03. The van der Waals surface area contributed by atoms with E-state index in [1.165, 1.54) is 11.4 Å². The highest BCUT2D eigenvalue weighted by Gasteiger charge is 2.32. The predicted molar refractivity (Wildman–Crippen MR) is 125 cm³/mol. The summed E-state index contributed by atoms with van der Waals surface area (Å²) < 4.78 is 33.3. The van der Waals surface area contributed by atoms with Gasteiger partial charge in [-0.1, -0.05) is 18.2 Å². The third-order valence-electron chi connectivity index (χ3n) is 5.94. The maximum absolute atomic E-state index is 13.2. The fourth-order valence-corrected chi connectivity index (χ4v) is 5.58. The second-order valence-corrected chi connectivity index (χ2v) is 10.3. The van der Waals surface area contributed by atoms with Crippen LogP contribution in [0.1, 0.15) is 18.4 Å². The summed E-state index contributed by atoms with van der Waals surface area (Å²) in [5, 5.41) is 3.51. The van der Waals surface area contributed by atoms with E-state index in [1.54, 1.807) is 24.3 Å². The summed E-state index contributed by atoms with van der Waals surface area (Å²) in [5.41, 5.74) is 2.85. The maximum Gasteiger partial charge on any atom is 0.246 e. The molecule has 0 unspecified atom stereocenters. The van der Waals surface area contributed by atoms with Crippen LogP contribution in [0.4, 0.5) is 11.6 Å². The molecule has 9 heteroatoms. The average Bonchev–Trinajstić information content (AvgIpc) is 3.63. The maximum atomic E-state index is 13.2. The Kier molecular flexibility index (Phi) is 5.38. The van der Waals surface area contributed by atoms with Crippen molar-refractivity contribution >= 4 is 32.7 Å². The van der Waals surface area contributed by atoms with Crippen LogP contribution in [0, 0.1) is 6.92 Å². The lowest BCUT2D eigenvalue weighted by Gasteiger charge is -2.35. The topological polar surface area (TPSA) is 87.7 Å². The third-order valence-corrected chi connectivity index (χ3v) is 7.88. The molecule has 3 aromatic rings. The highest BCUT2D eigenvalue weighted by atomic mass is 32.2. The summed E-state index contributed by atoms with van der Waals surface area (Å²) in [5.74, 6) is 1.94. The lowest BCUT2D eigenvalue weighted by atomic mass is 10.2. The number of ether oxygens (including phenoxy) is 1. The number of hydrogen-bond donors (Lipinski definition) is 1. The van der Waals surface area contributed by atoms with Gasteiger partial charge in [0.25, 0.3) is 0 Å². The van der Waals surface area contributed by atoms with Gasteiger partial charge in [-0.2, -0.15) is 4.31 Å². The molecule has 168 valence electrons. The number of sulfonamides is 1. The Hall–Kier alpha value is -2.91. The minimum Gasteiger partial charge on any atom is -0.495 e. The van der Waals surface area contributed by atoms with Gasteiger partial charge in [0.1, 0.15) is 10.6 Å². The molecule has 2 heterocycles. The number of piperazine rings is 1. The van der Waals surface area contributed by atoms with Crippen molar-refractivity contribution in [1.82, 2.24) is 14.3 Å². The molecule has 8 nitrogen and oxygen atoms in total. The van der Waals surface area contributed by atoms with Crippen LogP contribution < -0.4 is 15.0 Å². The Morgan fingerprint density at radius 1 is 1.00 bits per heavy atom. The van der Waals surface area contributed by atoms with Gasteiger partial charge in [-0.15, -0.1) is 0 Å².